The third kappa shape index (κ3) is 3.46. The van der Waals surface area contributed by atoms with E-state index in [1.165, 1.54) is 4.90 Å². The third-order valence-corrected chi connectivity index (χ3v) is 3.58. The number of hydrogen-bond donors (Lipinski definition) is 1. The van der Waals surface area contributed by atoms with Crippen LogP contribution in [0.1, 0.15) is 26.7 Å². The van der Waals surface area contributed by atoms with E-state index in [9.17, 15) is 4.79 Å². The van der Waals surface area contributed by atoms with E-state index in [0.29, 0.717) is 23.6 Å². The van der Waals surface area contributed by atoms with Crippen LogP contribution < -0.4 is 0 Å². The Morgan fingerprint density at radius 1 is 1.46 bits per heavy atom. The molecule has 3 nitrogen and oxygen atoms in total. The molecule has 1 heterocycles. The molecule has 0 aliphatic carbocycles. The molecule has 0 saturated carbocycles. The van der Waals surface area contributed by atoms with Crippen LogP contribution in [0.3, 0.4) is 0 Å². The van der Waals surface area contributed by atoms with Crippen LogP contribution in [0.2, 0.25) is 0 Å². The fraction of sp³-hybridized carbons (Fsp3) is 0.889. The maximum absolute atomic E-state index is 10.6. The predicted molar refractivity (Wildman–Crippen MR) is 55.3 cm³/mol. The van der Waals surface area contributed by atoms with Crippen molar-refractivity contribution in [3.8, 4) is 0 Å². The van der Waals surface area contributed by atoms with E-state index in [2.05, 4.69) is 13.8 Å². The topological polar surface area (TPSA) is 40.5 Å². The van der Waals surface area contributed by atoms with Crippen LogP contribution >= 0.6 is 11.8 Å². The Morgan fingerprint density at radius 2 is 2.00 bits per heavy atom. The van der Waals surface area contributed by atoms with Gasteiger partial charge in [0.2, 0.25) is 0 Å². The summed E-state index contributed by atoms with van der Waals surface area (Å²) in [6.45, 7) is 5.79. The zero-order valence-corrected chi connectivity index (χ0v) is 9.01. The van der Waals surface area contributed by atoms with Gasteiger partial charge in [-0.25, -0.2) is 4.79 Å². The van der Waals surface area contributed by atoms with Gasteiger partial charge in [0.15, 0.2) is 0 Å². The molecule has 0 spiro atoms. The second-order valence-corrected chi connectivity index (χ2v) is 5.54. The molecular weight excluding hydrogens is 186 g/mol. The standard InChI is InChI=1S/C9H17NO2S/c1-7(2)13-8-3-5-10(6-4-8)9(11)12/h7-8H,3-6H2,1-2H3,(H,11,12). The molecule has 1 fully saturated rings. The first-order valence-electron chi connectivity index (χ1n) is 4.73. The van der Waals surface area contributed by atoms with E-state index in [4.69, 9.17) is 5.11 Å². The highest BCUT2D eigenvalue weighted by atomic mass is 32.2. The number of hydrogen-bond acceptors (Lipinski definition) is 2. The van der Waals surface area contributed by atoms with Crippen molar-refractivity contribution in [2.75, 3.05) is 13.1 Å². The Balaban J connectivity index is 2.26. The summed E-state index contributed by atoms with van der Waals surface area (Å²) < 4.78 is 0. The number of amides is 1. The lowest BCUT2D eigenvalue weighted by atomic mass is 10.1. The van der Waals surface area contributed by atoms with Gasteiger partial charge in [-0.15, -0.1) is 0 Å². The van der Waals surface area contributed by atoms with Gasteiger partial charge in [-0.3, -0.25) is 0 Å². The summed E-state index contributed by atoms with van der Waals surface area (Å²) in [6.07, 6.45) is 1.25. The molecule has 0 unspecified atom stereocenters. The largest absolute Gasteiger partial charge is 0.465 e. The van der Waals surface area contributed by atoms with Crippen molar-refractivity contribution in [3.05, 3.63) is 0 Å². The van der Waals surface area contributed by atoms with Crippen LogP contribution in [-0.2, 0) is 0 Å². The minimum absolute atomic E-state index is 0.654. The summed E-state index contributed by atoms with van der Waals surface area (Å²) in [5.74, 6) is 0. The molecule has 4 heteroatoms. The molecule has 1 aliphatic heterocycles. The van der Waals surface area contributed by atoms with Gasteiger partial charge in [0.05, 0.1) is 0 Å². The number of likely N-dealkylation sites (tertiary alicyclic amines) is 1. The van der Waals surface area contributed by atoms with Crippen LogP contribution in [0.25, 0.3) is 0 Å². The Morgan fingerprint density at radius 3 is 2.38 bits per heavy atom. The number of carboxylic acid groups (broad SMARTS) is 1. The van der Waals surface area contributed by atoms with E-state index in [-0.39, 0.29) is 0 Å². The highest BCUT2D eigenvalue weighted by Crippen LogP contribution is 2.26. The van der Waals surface area contributed by atoms with Gasteiger partial charge in [-0.1, -0.05) is 13.8 Å². The lowest BCUT2D eigenvalue weighted by Crippen LogP contribution is -2.38. The fourth-order valence-electron chi connectivity index (χ4n) is 1.57. The van der Waals surface area contributed by atoms with Crippen molar-refractivity contribution in [2.24, 2.45) is 0 Å². The second kappa shape index (κ2) is 4.74. The van der Waals surface area contributed by atoms with Crippen molar-refractivity contribution in [2.45, 2.75) is 37.2 Å². The minimum Gasteiger partial charge on any atom is -0.465 e. The summed E-state index contributed by atoms with van der Waals surface area (Å²) >= 11 is 1.97. The second-order valence-electron chi connectivity index (χ2n) is 3.65. The van der Waals surface area contributed by atoms with Crippen molar-refractivity contribution in [3.63, 3.8) is 0 Å². The molecule has 0 atom stereocenters. The number of carbonyl (C=O) groups is 1. The normalized spacial score (nSPS) is 19.5. The monoisotopic (exact) mass is 203 g/mol. The maximum atomic E-state index is 10.6. The van der Waals surface area contributed by atoms with Crippen molar-refractivity contribution < 1.29 is 9.90 Å². The number of thioether (sulfide) groups is 1. The summed E-state index contributed by atoms with van der Waals surface area (Å²) in [7, 11) is 0. The molecule has 76 valence electrons. The summed E-state index contributed by atoms with van der Waals surface area (Å²) in [4.78, 5) is 12.1. The molecule has 1 aliphatic rings. The van der Waals surface area contributed by atoms with Crippen molar-refractivity contribution >= 4 is 17.9 Å². The molecule has 0 bridgehead atoms. The predicted octanol–water partition coefficient (Wildman–Crippen LogP) is 2.27. The molecule has 1 rings (SSSR count). The zero-order chi connectivity index (χ0) is 9.84. The molecule has 1 saturated heterocycles. The van der Waals surface area contributed by atoms with Gasteiger partial charge in [0, 0.05) is 18.3 Å². The van der Waals surface area contributed by atoms with Crippen molar-refractivity contribution in [1.29, 1.82) is 0 Å². The Bertz CT molecular complexity index is 176. The summed E-state index contributed by atoms with van der Waals surface area (Å²) in [5.41, 5.74) is 0. The van der Waals surface area contributed by atoms with Gasteiger partial charge in [-0.05, 0) is 18.1 Å². The number of rotatable bonds is 2. The average Bonchev–Trinajstić information content (AvgIpc) is 2.04. The van der Waals surface area contributed by atoms with Crippen LogP contribution in [0.5, 0.6) is 0 Å². The van der Waals surface area contributed by atoms with Gasteiger partial charge in [0.1, 0.15) is 0 Å². The molecule has 0 radical (unpaired) electrons. The van der Waals surface area contributed by atoms with E-state index >= 15 is 0 Å². The molecule has 1 amide bonds. The molecular formula is C9H17NO2S. The maximum Gasteiger partial charge on any atom is 0.407 e. The van der Waals surface area contributed by atoms with Crippen LogP contribution in [0, 0.1) is 0 Å². The first-order chi connectivity index (χ1) is 6.09. The van der Waals surface area contributed by atoms with Crippen LogP contribution in [0.4, 0.5) is 4.79 Å². The van der Waals surface area contributed by atoms with E-state index < -0.39 is 6.09 Å². The number of piperidine rings is 1. The van der Waals surface area contributed by atoms with Crippen LogP contribution in [0.15, 0.2) is 0 Å². The quantitative estimate of drug-likeness (QED) is 0.748. The van der Waals surface area contributed by atoms with Gasteiger partial charge in [-0.2, -0.15) is 11.8 Å². The highest BCUT2D eigenvalue weighted by Gasteiger charge is 2.22. The Kier molecular flexibility index (Phi) is 3.90. The number of nitrogens with zero attached hydrogens (tertiary/aromatic N) is 1. The smallest absolute Gasteiger partial charge is 0.407 e. The average molecular weight is 203 g/mol. The Hall–Kier alpha value is -0.380. The van der Waals surface area contributed by atoms with E-state index in [1.54, 1.807) is 0 Å². The first kappa shape index (κ1) is 10.7. The lowest BCUT2D eigenvalue weighted by Gasteiger charge is -2.30. The van der Waals surface area contributed by atoms with Crippen molar-refractivity contribution in [1.82, 2.24) is 4.90 Å². The molecule has 0 aromatic rings. The van der Waals surface area contributed by atoms with E-state index in [1.807, 2.05) is 11.8 Å². The minimum atomic E-state index is -0.770. The highest BCUT2D eigenvalue weighted by molar-refractivity contribution is 8.00. The Labute approximate surface area is 83.5 Å². The SMILES string of the molecule is CC(C)SC1CCN(C(=O)O)CC1. The summed E-state index contributed by atoms with van der Waals surface area (Å²) in [6, 6.07) is 0. The molecule has 13 heavy (non-hydrogen) atoms. The molecule has 0 aromatic heterocycles. The summed E-state index contributed by atoms with van der Waals surface area (Å²) in [5, 5.41) is 10.0. The zero-order valence-electron chi connectivity index (χ0n) is 8.19. The molecule has 0 aromatic carbocycles. The van der Waals surface area contributed by atoms with Gasteiger partial charge >= 0.3 is 6.09 Å². The van der Waals surface area contributed by atoms with Gasteiger partial charge < -0.3 is 10.0 Å². The lowest BCUT2D eigenvalue weighted by molar-refractivity contribution is 0.136. The molecule has 1 N–H and O–H groups in total. The first-order valence-corrected chi connectivity index (χ1v) is 5.67. The third-order valence-electron chi connectivity index (χ3n) is 2.18. The van der Waals surface area contributed by atoms with Crippen LogP contribution in [-0.4, -0.2) is 39.7 Å². The fourth-order valence-corrected chi connectivity index (χ4v) is 2.82. The van der Waals surface area contributed by atoms with E-state index in [0.717, 1.165) is 12.8 Å². The van der Waals surface area contributed by atoms with Gasteiger partial charge in [0.25, 0.3) is 0 Å².